The Labute approximate surface area is 163 Å². The molecule has 0 saturated heterocycles. The Morgan fingerprint density at radius 1 is 0.923 bits per heavy atom. The molecule has 1 amide bonds. The molecule has 0 unspecified atom stereocenters. The predicted octanol–water partition coefficient (Wildman–Crippen LogP) is 5.44. The van der Waals surface area contributed by atoms with Gasteiger partial charge in [0.05, 0.1) is 30.5 Å². The Hall–Kier alpha value is -2.11. The molecule has 0 bridgehead atoms. The third-order valence-corrected chi connectivity index (χ3v) is 3.90. The van der Waals surface area contributed by atoms with Crippen LogP contribution in [-0.4, -0.2) is 25.7 Å². The van der Waals surface area contributed by atoms with Crippen molar-refractivity contribution in [2.75, 3.05) is 25.1 Å². The van der Waals surface area contributed by atoms with Crippen molar-refractivity contribution in [3.8, 4) is 17.2 Å². The number of ether oxygens (including phenoxy) is 3. The molecule has 0 saturated carbocycles. The van der Waals surface area contributed by atoms with E-state index in [0.29, 0.717) is 58.4 Å². The number of halogens is 2. The predicted molar refractivity (Wildman–Crippen MR) is 104 cm³/mol. The van der Waals surface area contributed by atoms with Crippen molar-refractivity contribution >= 4 is 34.8 Å². The smallest absolute Gasteiger partial charge is 0.255 e. The number of hydrogen-bond acceptors (Lipinski definition) is 4. The highest BCUT2D eigenvalue weighted by Gasteiger charge is 2.19. The maximum absolute atomic E-state index is 12.7. The van der Waals surface area contributed by atoms with Gasteiger partial charge in [-0.15, -0.1) is 0 Å². The first-order valence-electron chi connectivity index (χ1n) is 8.32. The van der Waals surface area contributed by atoms with Crippen molar-refractivity contribution in [2.24, 2.45) is 0 Å². The van der Waals surface area contributed by atoms with E-state index in [2.05, 4.69) is 5.32 Å². The van der Waals surface area contributed by atoms with Crippen LogP contribution in [0.4, 0.5) is 5.69 Å². The van der Waals surface area contributed by atoms with Crippen LogP contribution in [0.15, 0.2) is 30.3 Å². The molecule has 0 aliphatic rings. The molecule has 1 N–H and O–H groups in total. The maximum Gasteiger partial charge on any atom is 0.255 e. The Balaban J connectivity index is 2.38. The molecule has 0 spiro atoms. The third kappa shape index (κ3) is 4.96. The largest absolute Gasteiger partial charge is 0.490 e. The minimum absolute atomic E-state index is 0.348. The van der Waals surface area contributed by atoms with Crippen molar-refractivity contribution in [1.82, 2.24) is 0 Å². The van der Waals surface area contributed by atoms with Crippen molar-refractivity contribution in [3.05, 3.63) is 45.9 Å². The molecule has 0 aliphatic carbocycles. The summed E-state index contributed by atoms with van der Waals surface area (Å²) in [7, 11) is 0. The van der Waals surface area contributed by atoms with E-state index in [1.54, 1.807) is 30.3 Å². The van der Waals surface area contributed by atoms with E-state index in [-0.39, 0.29) is 5.91 Å². The van der Waals surface area contributed by atoms with E-state index in [1.807, 2.05) is 20.8 Å². The van der Waals surface area contributed by atoms with Crippen LogP contribution in [0.5, 0.6) is 17.2 Å². The minimum atomic E-state index is -0.348. The first-order chi connectivity index (χ1) is 12.5. The number of hydrogen-bond donors (Lipinski definition) is 1. The van der Waals surface area contributed by atoms with Gasteiger partial charge in [0.2, 0.25) is 5.75 Å². The molecule has 5 nitrogen and oxygen atoms in total. The van der Waals surface area contributed by atoms with E-state index in [9.17, 15) is 4.79 Å². The standard InChI is InChI=1S/C19H21Cl2NO4/c1-4-24-16-9-12(10-17(25-5-2)18(16)26-6-3)19(23)22-15-8-7-13(20)11-14(15)21/h7-11H,4-6H2,1-3H3,(H,22,23). The van der Waals surface area contributed by atoms with Crippen LogP contribution in [-0.2, 0) is 0 Å². The van der Waals surface area contributed by atoms with Gasteiger partial charge in [-0.25, -0.2) is 0 Å². The van der Waals surface area contributed by atoms with Gasteiger partial charge in [-0.3, -0.25) is 4.79 Å². The lowest BCUT2D eigenvalue weighted by Crippen LogP contribution is -2.13. The molecule has 2 rings (SSSR count). The van der Waals surface area contributed by atoms with Crippen LogP contribution in [0.3, 0.4) is 0 Å². The summed E-state index contributed by atoms with van der Waals surface area (Å²) in [5.74, 6) is 1.04. The lowest BCUT2D eigenvalue weighted by atomic mass is 10.1. The van der Waals surface area contributed by atoms with Gasteiger partial charge < -0.3 is 19.5 Å². The van der Waals surface area contributed by atoms with E-state index in [4.69, 9.17) is 37.4 Å². The van der Waals surface area contributed by atoms with Gasteiger partial charge in [0, 0.05) is 10.6 Å². The second kappa shape index (κ2) is 9.55. The molecule has 0 aliphatic heterocycles. The van der Waals surface area contributed by atoms with Crippen LogP contribution in [0.2, 0.25) is 10.0 Å². The fourth-order valence-corrected chi connectivity index (χ4v) is 2.76. The van der Waals surface area contributed by atoms with Gasteiger partial charge in [0.15, 0.2) is 11.5 Å². The molecular weight excluding hydrogens is 377 g/mol. The number of nitrogens with one attached hydrogen (secondary N) is 1. The van der Waals surface area contributed by atoms with Crippen LogP contribution in [0.1, 0.15) is 31.1 Å². The van der Waals surface area contributed by atoms with Gasteiger partial charge in [-0.05, 0) is 51.1 Å². The summed E-state index contributed by atoms with van der Waals surface area (Å²) < 4.78 is 16.9. The van der Waals surface area contributed by atoms with Crippen molar-refractivity contribution in [2.45, 2.75) is 20.8 Å². The molecule has 7 heteroatoms. The molecular formula is C19H21Cl2NO4. The molecule has 26 heavy (non-hydrogen) atoms. The van der Waals surface area contributed by atoms with Crippen molar-refractivity contribution < 1.29 is 19.0 Å². The fourth-order valence-electron chi connectivity index (χ4n) is 2.31. The minimum Gasteiger partial charge on any atom is -0.490 e. The third-order valence-electron chi connectivity index (χ3n) is 3.35. The quantitative estimate of drug-likeness (QED) is 0.643. The van der Waals surface area contributed by atoms with Crippen molar-refractivity contribution in [1.29, 1.82) is 0 Å². The number of amides is 1. The molecule has 140 valence electrons. The number of carbonyl (C=O) groups excluding carboxylic acids is 1. The monoisotopic (exact) mass is 397 g/mol. The molecule has 0 radical (unpaired) electrons. The zero-order chi connectivity index (χ0) is 19.1. The summed E-state index contributed by atoms with van der Waals surface area (Å²) in [6, 6.07) is 8.10. The summed E-state index contributed by atoms with van der Waals surface area (Å²) in [4.78, 5) is 12.7. The van der Waals surface area contributed by atoms with Gasteiger partial charge in [-0.1, -0.05) is 23.2 Å². The van der Waals surface area contributed by atoms with Gasteiger partial charge in [0.1, 0.15) is 0 Å². The van der Waals surface area contributed by atoms with Gasteiger partial charge in [-0.2, -0.15) is 0 Å². The Bertz CT molecular complexity index is 753. The summed E-state index contributed by atoms with van der Waals surface area (Å²) in [5, 5.41) is 3.61. The highest BCUT2D eigenvalue weighted by atomic mass is 35.5. The highest BCUT2D eigenvalue weighted by Crippen LogP contribution is 2.39. The topological polar surface area (TPSA) is 56.8 Å². The first-order valence-corrected chi connectivity index (χ1v) is 9.08. The number of anilines is 1. The van der Waals surface area contributed by atoms with E-state index >= 15 is 0 Å². The Morgan fingerprint density at radius 3 is 2.00 bits per heavy atom. The van der Waals surface area contributed by atoms with E-state index in [0.717, 1.165) is 0 Å². The number of rotatable bonds is 8. The molecule has 0 fully saturated rings. The zero-order valence-corrected chi connectivity index (χ0v) is 16.4. The zero-order valence-electron chi connectivity index (χ0n) is 14.9. The second-order valence-corrected chi connectivity index (χ2v) is 6.02. The van der Waals surface area contributed by atoms with Crippen molar-refractivity contribution in [3.63, 3.8) is 0 Å². The Morgan fingerprint density at radius 2 is 1.50 bits per heavy atom. The number of carbonyl (C=O) groups is 1. The van der Waals surface area contributed by atoms with Crippen LogP contribution >= 0.6 is 23.2 Å². The Kier molecular flexibility index (Phi) is 7.42. The van der Waals surface area contributed by atoms with Gasteiger partial charge >= 0.3 is 0 Å². The van der Waals surface area contributed by atoms with Gasteiger partial charge in [0.25, 0.3) is 5.91 Å². The molecule has 0 heterocycles. The normalized spacial score (nSPS) is 10.3. The SMILES string of the molecule is CCOc1cc(C(=O)Nc2ccc(Cl)cc2Cl)cc(OCC)c1OCC. The van der Waals surface area contributed by atoms with Crippen LogP contribution < -0.4 is 19.5 Å². The average molecular weight is 398 g/mol. The summed E-state index contributed by atoms with van der Waals surface area (Å²) in [6.45, 7) is 6.90. The molecule has 2 aromatic rings. The number of benzene rings is 2. The maximum atomic E-state index is 12.7. The summed E-state index contributed by atoms with van der Waals surface area (Å²) in [5.41, 5.74) is 0.831. The highest BCUT2D eigenvalue weighted by molar-refractivity contribution is 6.36. The van der Waals surface area contributed by atoms with Crippen LogP contribution in [0, 0.1) is 0 Å². The van der Waals surface area contributed by atoms with E-state index < -0.39 is 0 Å². The molecule has 0 atom stereocenters. The lowest BCUT2D eigenvalue weighted by Gasteiger charge is -2.17. The molecule has 0 aromatic heterocycles. The second-order valence-electron chi connectivity index (χ2n) is 5.18. The van der Waals surface area contributed by atoms with E-state index in [1.165, 1.54) is 0 Å². The molecule has 2 aromatic carbocycles. The van der Waals surface area contributed by atoms with Crippen LogP contribution in [0.25, 0.3) is 0 Å². The summed E-state index contributed by atoms with van der Waals surface area (Å²) in [6.07, 6.45) is 0. The average Bonchev–Trinajstić information content (AvgIpc) is 2.60. The first kappa shape index (κ1) is 20.2. The summed E-state index contributed by atoms with van der Waals surface area (Å²) >= 11 is 12.0. The fraction of sp³-hybridized carbons (Fsp3) is 0.316. The lowest BCUT2D eigenvalue weighted by molar-refractivity contribution is 0.102.